The van der Waals surface area contributed by atoms with Crippen LogP contribution in [0.5, 0.6) is 23.0 Å². The molecule has 2 fully saturated rings. The number of aromatic hydroxyl groups is 3. The summed E-state index contributed by atoms with van der Waals surface area (Å²) in [6.07, 6.45) is -13.7. The molecule has 2 aliphatic rings. The lowest BCUT2D eigenvalue weighted by Crippen LogP contribution is -2.62. The molecule has 9 N–H and O–H groups in total. The molecule has 2 aliphatic heterocycles. The van der Waals surface area contributed by atoms with E-state index in [0.717, 1.165) is 12.1 Å². The molecule has 41 heavy (non-hydrogen) atoms. The number of aliphatic hydroxyl groups is 6. The Kier molecular flexibility index (Phi) is 8.06. The molecule has 0 unspecified atom stereocenters. The van der Waals surface area contributed by atoms with Crippen LogP contribution in [-0.2, 0) is 14.2 Å². The maximum absolute atomic E-state index is 12.6. The Labute approximate surface area is 230 Å². The maximum Gasteiger partial charge on any atom is 0.238 e. The fourth-order valence-electron chi connectivity index (χ4n) is 4.63. The second-order valence-corrected chi connectivity index (χ2v) is 9.64. The monoisotopic (exact) mass is 580 g/mol. The van der Waals surface area contributed by atoms with Gasteiger partial charge in [-0.3, -0.25) is 4.79 Å². The van der Waals surface area contributed by atoms with E-state index in [1.807, 2.05) is 0 Å². The van der Waals surface area contributed by atoms with Crippen molar-refractivity contribution in [3.8, 4) is 34.3 Å². The predicted molar refractivity (Wildman–Crippen MR) is 134 cm³/mol. The Morgan fingerprint density at radius 2 is 1.54 bits per heavy atom. The molecule has 0 radical (unpaired) electrons. The summed E-state index contributed by atoms with van der Waals surface area (Å²) < 4.78 is 27.4. The fourth-order valence-corrected chi connectivity index (χ4v) is 4.63. The number of fused-ring (bicyclic) bond motifs is 1. The van der Waals surface area contributed by atoms with Gasteiger partial charge in [-0.1, -0.05) is 0 Å². The van der Waals surface area contributed by atoms with Crippen LogP contribution in [0.4, 0.5) is 0 Å². The van der Waals surface area contributed by atoms with E-state index in [4.69, 9.17) is 23.4 Å². The van der Waals surface area contributed by atoms with Crippen molar-refractivity contribution in [3.63, 3.8) is 0 Å². The van der Waals surface area contributed by atoms with Gasteiger partial charge in [-0.25, -0.2) is 0 Å². The fraction of sp³-hybridized carbons (Fsp3) is 0.423. The smallest absolute Gasteiger partial charge is 0.238 e. The van der Waals surface area contributed by atoms with Crippen LogP contribution >= 0.6 is 0 Å². The minimum Gasteiger partial charge on any atom is -0.508 e. The van der Waals surface area contributed by atoms with Crippen molar-refractivity contribution in [1.82, 2.24) is 0 Å². The number of benzene rings is 2. The van der Waals surface area contributed by atoms with Gasteiger partial charge in [0.15, 0.2) is 12.1 Å². The Balaban J connectivity index is 1.26. The Morgan fingerprint density at radius 3 is 2.22 bits per heavy atom. The summed E-state index contributed by atoms with van der Waals surface area (Å²) >= 11 is 0. The van der Waals surface area contributed by atoms with Crippen LogP contribution in [0.3, 0.4) is 0 Å². The number of hydrogen-bond acceptors (Lipinski definition) is 15. The van der Waals surface area contributed by atoms with E-state index in [9.17, 15) is 50.8 Å². The van der Waals surface area contributed by atoms with Crippen molar-refractivity contribution in [1.29, 1.82) is 0 Å². The lowest BCUT2D eigenvalue weighted by molar-refractivity contribution is -0.338. The SMILES string of the molecule is O=c1c(O)c(-c2ccc(O[C@@H]3OC[C@@H](O[C@@H]4O[C@H](CO)[C@@H](O)[C@H](O)[C@H]4O)[C@H](O)[C@H]3O)cc2)oc2cc(O)cc(O)c12. The lowest BCUT2D eigenvalue weighted by atomic mass is 9.99. The maximum atomic E-state index is 12.6. The first-order valence-electron chi connectivity index (χ1n) is 12.4. The summed E-state index contributed by atoms with van der Waals surface area (Å²) in [4.78, 5) is 12.6. The molecule has 0 amide bonds. The van der Waals surface area contributed by atoms with Gasteiger partial charge in [0, 0.05) is 17.7 Å². The summed E-state index contributed by atoms with van der Waals surface area (Å²) in [5.74, 6) is -1.78. The molecule has 0 aliphatic carbocycles. The van der Waals surface area contributed by atoms with Gasteiger partial charge in [0.05, 0.1) is 13.2 Å². The number of ether oxygens (including phenoxy) is 4. The topological polar surface area (TPSA) is 249 Å². The van der Waals surface area contributed by atoms with Crippen molar-refractivity contribution < 1.29 is 69.3 Å². The molecule has 0 saturated carbocycles. The summed E-state index contributed by atoms with van der Waals surface area (Å²) in [7, 11) is 0. The third kappa shape index (κ3) is 5.42. The first-order valence-corrected chi connectivity index (χ1v) is 12.4. The molecular formula is C26H28O15. The van der Waals surface area contributed by atoms with Crippen LogP contribution < -0.4 is 10.2 Å². The van der Waals surface area contributed by atoms with Gasteiger partial charge < -0.3 is 69.3 Å². The molecule has 15 heteroatoms. The van der Waals surface area contributed by atoms with Crippen LogP contribution in [0.15, 0.2) is 45.6 Å². The average molecular weight is 580 g/mol. The third-order valence-electron chi connectivity index (χ3n) is 6.90. The second kappa shape index (κ2) is 11.4. The van der Waals surface area contributed by atoms with E-state index in [0.29, 0.717) is 0 Å². The molecule has 15 nitrogen and oxygen atoms in total. The molecule has 2 aromatic carbocycles. The Hall–Kier alpha value is -3.51. The van der Waals surface area contributed by atoms with Crippen molar-refractivity contribution in [3.05, 3.63) is 46.6 Å². The highest BCUT2D eigenvalue weighted by Gasteiger charge is 2.48. The summed E-state index contributed by atoms with van der Waals surface area (Å²) in [6, 6.07) is 7.68. The Bertz CT molecular complexity index is 1440. The minimum atomic E-state index is -1.72. The molecule has 3 aromatic rings. The van der Waals surface area contributed by atoms with Gasteiger partial charge in [0.1, 0.15) is 70.9 Å². The van der Waals surface area contributed by atoms with Crippen LogP contribution in [0.25, 0.3) is 22.3 Å². The van der Waals surface area contributed by atoms with Crippen LogP contribution in [-0.4, -0.2) is 114 Å². The molecular weight excluding hydrogens is 552 g/mol. The van der Waals surface area contributed by atoms with Gasteiger partial charge in [0.2, 0.25) is 17.5 Å². The van der Waals surface area contributed by atoms with Gasteiger partial charge in [-0.05, 0) is 24.3 Å². The lowest BCUT2D eigenvalue weighted by Gasteiger charge is -2.43. The number of phenolic OH excluding ortho intramolecular Hbond substituents is 2. The zero-order chi connectivity index (χ0) is 29.6. The van der Waals surface area contributed by atoms with E-state index < -0.39 is 78.8 Å². The number of hydrogen-bond donors (Lipinski definition) is 9. The van der Waals surface area contributed by atoms with E-state index >= 15 is 0 Å². The molecule has 3 heterocycles. The van der Waals surface area contributed by atoms with E-state index in [1.165, 1.54) is 24.3 Å². The van der Waals surface area contributed by atoms with Crippen LogP contribution in [0, 0.1) is 0 Å². The number of aliphatic hydroxyl groups excluding tert-OH is 6. The van der Waals surface area contributed by atoms with Crippen molar-refractivity contribution in [2.45, 2.75) is 55.3 Å². The third-order valence-corrected chi connectivity index (χ3v) is 6.90. The zero-order valence-corrected chi connectivity index (χ0v) is 21.0. The van der Waals surface area contributed by atoms with Gasteiger partial charge in [-0.2, -0.15) is 0 Å². The largest absolute Gasteiger partial charge is 0.508 e. The quantitative estimate of drug-likeness (QED) is 0.156. The van der Waals surface area contributed by atoms with E-state index in [-0.39, 0.29) is 40.4 Å². The molecule has 2 saturated heterocycles. The number of phenols is 2. The van der Waals surface area contributed by atoms with Crippen molar-refractivity contribution in [2.75, 3.05) is 13.2 Å². The number of rotatable bonds is 6. The van der Waals surface area contributed by atoms with Crippen LogP contribution in [0.2, 0.25) is 0 Å². The highest BCUT2D eigenvalue weighted by molar-refractivity contribution is 5.88. The molecule has 0 bridgehead atoms. The van der Waals surface area contributed by atoms with E-state index in [2.05, 4.69) is 0 Å². The van der Waals surface area contributed by atoms with Gasteiger partial charge in [-0.15, -0.1) is 0 Å². The standard InChI is InChI=1S/C26H28O15/c27-7-14-17(30)20(33)23(36)26(40-14)41-15-8-37-25(22(35)18(15)31)38-11-3-1-9(2-4-11)24-21(34)19(32)16-12(29)5-10(28)6-13(16)39-24/h1-6,14-15,17-18,20,22-23,25-31,33-36H,7-8H2/t14-,15-,17-,18+,20+,22-,23-,25+,26+/m1/s1. The summed E-state index contributed by atoms with van der Waals surface area (Å²) in [5.41, 5.74) is -0.837. The van der Waals surface area contributed by atoms with E-state index in [1.54, 1.807) is 0 Å². The average Bonchev–Trinajstić information content (AvgIpc) is 2.95. The normalized spacial score (nSPS) is 32.2. The van der Waals surface area contributed by atoms with Gasteiger partial charge in [0.25, 0.3) is 0 Å². The summed E-state index contributed by atoms with van der Waals surface area (Å²) in [5, 5.41) is 90.2. The minimum absolute atomic E-state index is 0.149. The second-order valence-electron chi connectivity index (χ2n) is 9.64. The van der Waals surface area contributed by atoms with Crippen molar-refractivity contribution in [2.24, 2.45) is 0 Å². The summed E-state index contributed by atoms with van der Waals surface area (Å²) in [6.45, 7) is -1.02. The molecule has 1 aromatic heterocycles. The highest BCUT2D eigenvalue weighted by atomic mass is 16.7. The molecule has 222 valence electrons. The first kappa shape index (κ1) is 29.0. The molecule has 9 atom stereocenters. The highest BCUT2D eigenvalue weighted by Crippen LogP contribution is 2.36. The zero-order valence-electron chi connectivity index (χ0n) is 21.0. The van der Waals surface area contributed by atoms with Crippen molar-refractivity contribution >= 4 is 11.0 Å². The van der Waals surface area contributed by atoms with Crippen LogP contribution in [0.1, 0.15) is 0 Å². The molecule has 0 spiro atoms. The molecule has 5 rings (SSSR count). The first-order chi connectivity index (χ1) is 19.5. The van der Waals surface area contributed by atoms with Gasteiger partial charge >= 0.3 is 0 Å². The Morgan fingerprint density at radius 1 is 0.854 bits per heavy atom. The predicted octanol–water partition coefficient (Wildman–Crippen LogP) is -1.78.